The Kier molecular flexibility index (Phi) is 5.35. The summed E-state index contributed by atoms with van der Waals surface area (Å²) < 4.78 is 28.6. The summed E-state index contributed by atoms with van der Waals surface area (Å²) >= 11 is 0. The van der Waals surface area contributed by atoms with E-state index >= 15 is 0 Å². The van der Waals surface area contributed by atoms with Gasteiger partial charge in [-0.1, -0.05) is 24.3 Å². The number of rotatable bonds is 5. The quantitative estimate of drug-likeness (QED) is 0.884. The zero-order valence-corrected chi connectivity index (χ0v) is 14.5. The Morgan fingerprint density at radius 1 is 1.00 bits per heavy atom. The fourth-order valence-electron chi connectivity index (χ4n) is 2.57. The summed E-state index contributed by atoms with van der Waals surface area (Å²) in [5.41, 5.74) is 0.642. The Bertz CT molecular complexity index is 823. The number of hydrogen-bond donors (Lipinski definition) is 1. The van der Waals surface area contributed by atoms with Crippen LogP contribution in [0.3, 0.4) is 0 Å². The predicted molar refractivity (Wildman–Crippen MR) is 96.7 cm³/mol. The molecule has 1 N–H and O–H groups in total. The van der Waals surface area contributed by atoms with Gasteiger partial charge >= 0.3 is 0 Å². The maximum atomic E-state index is 12.2. The van der Waals surface area contributed by atoms with Gasteiger partial charge in [-0.3, -0.25) is 9.69 Å². The number of sulfone groups is 1. The minimum atomic E-state index is -2.94. The maximum Gasteiger partial charge on any atom is 0.238 e. The second kappa shape index (κ2) is 7.67. The van der Waals surface area contributed by atoms with E-state index < -0.39 is 9.84 Å². The average Bonchev–Trinajstić information content (AvgIpc) is 2.58. The molecule has 0 atom stereocenters. The number of carbonyl (C=O) groups excluding carboxylic acids is 1. The molecule has 1 heterocycles. The molecule has 3 rings (SSSR count). The van der Waals surface area contributed by atoms with E-state index in [0.29, 0.717) is 24.5 Å². The van der Waals surface area contributed by atoms with Crippen LogP contribution in [-0.2, 0) is 14.6 Å². The molecule has 2 aromatic rings. The smallest absolute Gasteiger partial charge is 0.238 e. The monoisotopic (exact) mass is 360 g/mol. The van der Waals surface area contributed by atoms with Crippen LogP contribution < -0.4 is 10.1 Å². The van der Waals surface area contributed by atoms with Crippen molar-refractivity contribution in [2.24, 2.45) is 0 Å². The van der Waals surface area contributed by atoms with Crippen LogP contribution in [0.25, 0.3) is 0 Å². The number of nitrogens with one attached hydrogen (secondary N) is 1. The third-order valence-electron chi connectivity index (χ3n) is 3.90. The molecule has 7 heteroatoms. The normalized spacial score (nSPS) is 17.0. The van der Waals surface area contributed by atoms with Gasteiger partial charge < -0.3 is 10.1 Å². The van der Waals surface area contributed by atoms with Gasteiger partial charge in [0.2, 0.25) is 5.91 Å². The number of hydrogen-bond acceptors (Lipinski definition) is 5. The van der Waals surface area contributed by atoms with Crippen molar-refractivity contribution in [3.8, 4) is 11.5 Å². The van der Waals surface area contributed by atoms with Crippen molar-refractivity contribution in [2.75, 3.05) is 36.5 Å². The third kappa shape index (κ3) is 5.30. The van der Waals surface area contributed by atoms with Crippen molar-refractivity contribution in [2.45, 2.75) is 0 Å². The highest BCUT2D eigenvalue weighted by Gasteiger charge is 2.22. The second-order valence-electron chi connectivity index (χ2n) is 5.92. The molecule has 1 aliphatic rings. The summed E-state index contributed by atoms with van der Waals surface area (Å²) in [6, 6.07) is 16.6. The molecule has 25 heavy (non-hydrogen) atoms. The topological polar surface area (TPSA) is 75.7 Å². The van der Waals surface area contributed by atoms with Crippen LogP contribution in [0.2, 0.25) is 0 Å². The molecule has 0 radical (unpaired) electrons. The van der Waals surface area contributed by atoms with E-state index in [-0.39, 0.29) is 24.0 Å². The van der Waals surface area contributed by atoms with Gasteiger partial charge in [0.1, 0.15) is 11.5 Å². The fourth-order valence-corrected chi connectivity index (χ4v) is 3.85. The first-order valence-electron chi connectivity index (χ1n) is 8.06. The number of benzene rings is 2. The molecule has 0 aromatic heterocycles. The van der Waals surface area contributed by atoms with Gasteiger partial charge in [0.25, 0.3) is 0 Å². The van der Waals surface area contributed by atoms with Crippen molar-refractivity contribution < 1.29 is 17.9 Å². The molecule has 0 spiro atoms. The molecule has 1 amide bonds. The van der Waals surface area contributed by atoms with Crippen molar-refractivity contribution in [1.82, 2.24) is 4.90 Å². The molecule has 132 valence electrons. The first-order valence-corrected chi connectivity index (χ1v) is 9.88. The third-order valence-corrected chi connectivity index (χ3v) is 5.51. The Balaban J connectivity index is 1.56. The molecule has 0 aliphatic carbocycles. The molecule has 1 fully saturated rings. The van der Waals surface area contributed by atoms with E-state index in [0.717, 1.165) is 5.75 Å². The van der Waals surface area contributed by atoms with Gasteiger partial charge in [-0.2, -0.15) is 0 Å². The number of amides is 1. The van der Waals surface area contributed by atoms with Gasteiger partial charge in [0.15, 0.2) is 9.84 Å². The highest BCUT2D eigenvalue weighted by molar-refractivity contribution is 7.91. The summed E-state index contributed by atoms with van der Waals surface area (Å²) in [7, 11) is -2.94. The van der Waals surface area contributed by atoms with Crippen molar-refractivity contribution >= 4 is 21.4 Å². The zero-order chi connectivity index (χ0) is 17.7. The van der Waals surface area contributed by atoms with Gasteiger partial charge in [-0.25, -0.2) is 8.42 Å². The zero-order valence-electron chi connectivity index (χ0n) is 13.7. The van der Waals surface area contributed by atoms with E-state index in [1.54, 1.807) is 18.2 Å². The van der Waals surface area contributed by atoms with E-state index in [2.05, 4.69) is 5.32 Å². The van der Waals surface area contributed by atoms with Gasteiger partial charge in [0, 0.05) is 24.8 Å². The summed E-state index contributed by atoms with van der Waals surface area (Å²) in [4.78, 5) is 14.0. The highest BCUT2D eigenvalue weighted by atomic mass is 32.2. The van der Waals surface area contributed by atoms with Crippen LogP contribution in [0.4, 0.5) is 5.69 Å². The first-order chi connectivity index (χ1) is 12.0. The number of anilines is 1. The predicted octanol–water partition coefficient (Wildman–Crippen LogP) is 2.15. The van der Waals surface area contributed by atoms with Crippen LogP contribution in [-0.4, -0.2) is 50.4 Å². The van der Waals surface area contributed by atoms with Crippen LogP contribution in [0.1, 0.15) is 0 Å². The minimum absolute atomic E-state index is 0.112. The standard InChI is InChI=1S/C18H20N2O4S/c21-18(14-20-9-11-25(22,23)12-10-20)19-15-5-4-8-17(13-15)24-16-6-2-1-3-7-16/h1-8,13H,9-12,14H2,(H,19,21). The van der Waals surface area contributed by atoms with Crippen LogP contribution in [0, 0.1) is 0 Å². The van der Waals surface area contributed by atoms with Crippen molar-refractivity contribution in [1.29, 1.82) is 0 Å². The van der Waals surface area contributed by atoms with Crippen LogP contribution in [0.5, 0.6) is 11.5 Å². The largest absolute Gasteiger partial charge is 0.457 e. The Morgan fingerprint density at radius 2 is 1.68 bits per heavy atom. The Morgan fingerprint density at radius 3 is 2.40 bits per heavy atom. The van der Waals surface area contributed by atoms with Crippen molar-refractivity contribution in [3.05, 3.63) is 54.6 Å². The lowest BCUT2D eigenvalue weighted by molar-refractivity contribution is -0.117. The minimum Gasteiger partial charge on any atom is -0.457 e. The SMILES string of the molecule is O=C(CN1CCS(=O)(=O)CC1)Nc1cccc(Oc2ccccc2)c1. The van der Waals surface area contributed by atoms with E-state index in [4.69, 9.17) is 4.74 Å². The number of para-hydroxylation sites is 1. The average molecular weight is 360 g/mol. The second-order valence-corrected chi connectivity index (χ2v) is 8.22. The molecule has 0 bridgehead atoms. The Labute approximate surface area is 147 Å². The maximum absolute atomic E-state index is 12.2. The lowest BCUT2D eigenvalue weighted by Gasteiger charge is -2.25. The van der Waals surface area contributed by atoms with Gasteiger partial charge in [-0.05, 0) is 24.3 Å². The molecular formula is C18H20N2O4S. The lowest BCUT2D eigenvalue weighted by Crippen LogP contribution is -2.43. The van der Waals surface area contributed by atoms with E-state index in [1.807, 2.05) is 41.3 Å². The number of ether oxygens (including phenoxy) is 1. The summed E-state index contributed by atoms with van der Waals surface area (Å²) in [6.45, 7) is 0.971. The summed E-state index contributed by atoms with van der Waals surface area (Å²) in [5.74, 6) is 1.41. The molecule has 2 aromatic carbocycles. The molecule has 6 nitrogen and oxygen atoms in total. The van der Waals surface area contributed by atoms with Gasteiger partial charge in [-0.15, -0.1) is 0 Å². The summed E-state index contributed by atoms with van der Waals surface area (Å²) in [5, 5.41) is 2.83. The first kappa shape index (κ1) is 17.4. The number of carbonyl (C=O) groups is 1. The van der Waals surface area contributed by atoms with Crippen LogP contribution in [0.15, 0.2) is 54.6 Å². The summed E-state index contributed by atoms with van der Waals surface area (Å²) in [6.07, 6.45) is 0. The highest BCUT2D eigenvalue weighted by Crippen LogP contribution is 2.23. The van der Waals surface area contributed by atoms with Crippen molar-refractivity contribution in [3.63, 3.8) is 0 Å². The molecule has 0 unspecified atom stereocenters. The van der Waals surface area contributed by atoms with Gasteiger partial charge in [0.05, 0.1) is 18.1 Å². The van der Waals surface area contributed by atoms with E-state index in [1.165, 1.54) is 0 Å². The molecule has 1 saturated heterocycles. The molecule has 0 saturated carbocycles. The van der Waals surface area contributed by atoms with Crippen LogP contribution >= 0.6 is 0 Å². The Hall–Kier alpha value is -2.38. The molecule has 1 aliphatic heterocycles. The molecular weight excluding hydrogens is 340 g/mol. The fraction of sp³-hybridized carbons (Fsp3) is 0.278. The van der Waals surface area contributed by atoms with E-state index in [9.17, 15) is 13.2 Å². The lowest BCUT2D eigenvalue weighted by atomic mass is 10.3. The number of nitrogens with zero attached hydrogens (tertiary/aromatic N) is 1.